The third-order valence-corrected chi connectivity index (χ3v) is 6.22. The third kappa shape index (κ3) is 3.39. The lowest BCUT2D eigenvalue weighted by Gasteiger charge is -2.28. The van der Waals surface area contributed by atoms with Crippen LogP contribution in [0.1, 0.15) is 25.3 Å². The van der Waals surface area contributed by atoms with Crippen molar-refractivity contribution in [3.05, 3.63) is 36.0 Å². The molecule has 1 saturated heterocycles. The van der Waals surface area contributed by atoms with Crippen LogP contribution in [0.5, 0.6) is 0 Å². The first-order valence-electron chi connectivity index (χ1n) is 8.06. The van der Waals surface area contributed by atoms with Crippen molar-refractivity contribution in [2.24, 2.45) is 5.92 Å². The van der Waals surface area contributed by atoms with Crippen molar-refractivity contribution in [3.63, 3.8) is 0 Å². The van der Waals surface area contributed by atoms with Crippen LogP contribution in [0.2, 0.25) is 0 Å². The Labute approximate surface area is 137 Å². The van der Waals surface area contributed by atoms with Crippen LogP contribution in [0, 0.1) is 12.8 Å². The highest BCUT2D eigenvalue weighted by molar-refractivity contribution is 7.89. The lowest BCUT2D eigenvalue weighted by molar-refractivity contribution is 0.320. The van der Waals surface area contributed by atoms with Crippen LogP contribution < -0.4 is 10.0 Å². The first kappa shape index (κ1) is 16.4. The number of pyridine rings is 1. The largest absolute Gasteiger partial charge is 0.316 e. The normalized spacial score (nSPS) is 20.5. The van der Waals surface area contributed by atoms with Gasteiger partial charge in [0.25, 0.3) is 0 Å². The number of fused-ring (bicyclic) bond motifs is 1. The topological polar surface area (TPSA) is 71.1 Å². The zero-order chi connectivity index (χ0) is 16.4. The summed E-state index contributed by atoms with van der Waals surface area (Å²) in [5.41, 5.74) is 1.71. The van der Waals surface area contributed by atoms with Gasteiger partial charge in [0.1, 0.15) is 0 Å². The van der Waals surface area contributed by atoms with E-state index in [0.29, 0.717) is 16.2 Å². The standard InChI is InChI=1S/C17H23N3O2S/c1-12-7-8-16(15-6-4-10-19-17(12)15)23(21,22)20-13(2)14-5-3-9-18-11-14/h4,6-8,10,13-14,18,20H,3,5,9,11H2,1-2H3. The average Bonchev–Trinajstić information content (AvgIpc) is 2.55. The van der Waals surface area contributed by atoms with E-state index in [1.807, 2.05) is 26.0 Å². The number of hydrogen-bond acceptors (Lipinski definition) is 4. The SMILES string of the molecule is Cc1ccc(S(=O)(=O)NC(C)C2CCCNC2)c2cccnc12. The molecule has 1 aliphatic heterocycles. The predicted molar refractivity (Wildman–Crippen MR) is 91.9 cm³/mol. The van der Waals surface area contributed by atoms with Crippen molar-refractivity contribution in [1.82, 2.24) is 15.0 Å². The number of benzene rings is 1. The summed E-state index contributed by atoms with van der Waals surface area (Å²) in [5.74, 6) is 0.327. The summed E-state index contributed by atoms with van der Waals surface area (Å²) in [6.07, 6.45) is 3.83. The van der Waals surface area contributed by atoms with Gasteiger partial charge < -0.3 is 5.32 Å². The van der Waals surface area contributed by atoms with E-state index in [1.54, 1.807) is 18.3 Å². The van der Waals surface area contributed by atoms with E-state index in [2.05, 4.69) is 15.0 Å². The molecule has 2 heterocycles. The highest BCUT2D eigenvalue weighted by Gasteiger charge is 2.26. The molecule has 0 amide bonds. The summed E-state index contributed by atoms with van der Waals surface area (Å²) in [6.45, 7) is 5.77. The van der Waals surface area contributed by atoms with Crippen LogP contribution in [0.15, 0.2) is 35.4 Å². The van der Waals surface area contributed by atoms with E-state index in [0.717, 1.165) is 37.0 Å². The second-order valence-corrected chi connectivity index (χ2v) is 7.98. The van der Waals surface area contributed by atoms with Crippen LogP contribution in [0.25, 0.3) is 10.9 Å². The van der Waals surface area contributed by atoms with Crippen molar-refractivity contribution >= 4 is 20.9 Å². The van der Waals surface area contributed by atoms with Crippen LogP contribution >= 0.6 is 0 Å². The minimum absolute atomic E-state index is 0.0965. The van der Waals surface area contributed by atoms with Gasteiger partial charge in [0, 0.05) is 17.6 Å². The minimum atomic E-state index is -3.57. The molecule has 3 rings (SSSR count). The van der Waals surface area contributed by atoms with Gasteiger partial charge in [0.15, 0.2) is 0 Å². The second-order valence-electron chi connectivity index (χ2n) is 6.30. The monoisotopic (exact) mass is 333 g/mol. The lowest BCUT2D eigenvalue weighted by atomic mass is 9.94. The molecular formula is C17H23N3O2S. The molecule has 1 aliphatic rings. The fourth-order valence-electron chi connectivity index (χ4n) is 3.23. The Morgan fingerprint density at radius 3 is 2.91 bits per heavy atom. The Kier molecular flexibility index (Phi) is 4.66. The van der Waals surface area contributed by atoms with Crippen molar-refractivity contribution < 1.29 is 8.42 Å². The molecule has 2 unspecified atom stereocenters. The van der Waals surface area contributed by atoms with Gasteiger partial charge in [-0.15, -0.1) is 0 Å². The van der Waals surface area contributed by atoms with Crippen molar-refractivity contribution in [2.45, 2.75) is 37.6 Å². The Hall–Kier alpha value is -1.50. The molecule has 2 aromatic rings. The number of hydrogen-bond donors (Lipinski definition) is 2. The molecule has 0 bridgehead atoms. The van der Waals surface area contributed by atoms with Gasteiger partial charge in [-0.3, -0.25) is 4.98 Å². The molecule has 5 nitrogen and oxygen atoms in total. The number of aromatic nitrogens is 1. The number of nitrogens with zero attached hydrogens (tertiary/aromatic N) is 1. The van der Waals surface area contributed by atoms with Crippen LogP contribution in [0.4, 0.5) is 0 Å². The number of aryl methyl sites for hydroxylation is 1. The van der Waals surface area contributed by atoms with Crippen molar-refractivity contribution in [3.8, 4) is 0 Å². The summed E-state index contributed by atoms with van der Waals surface area (Å²) < 4.78 is 28.6. The molecular weight excluding hydrogens is 310 g/mol. The summed E-state index contributed by atoms with van der Waals surface area (Å²) in [4.78, 5) is 4.63. The van der Waals surface area contributed by atoms with Crippen LogP contribution in [0.3, 0.4) is 0 Å². The maximum Gasteiger partial charge on any atom is 0.241 e. The van der Waals surface area contributed by atoms with Gasteiger partial charge in [-0.05, 0) is 69.5 Å². The Morgan fingerprint density at radius 2 is 2.17 bits per heavy atom. The quantitative estimate of drug-likeness (QED) is 0.900. The summed E-state index contributed by atoms with van der Waals surface area (Å²) in [5, 5.41) is 4.01. The van der Waals surface area contributed by atoms with E-state index in [-0.39, 0.29) is 6.04 Å². The number of rotatable bonds is 4. The minimum Gasteiger partial charge on any atom is -0.316 e. The summed E-state index contributed by atoms with van der Waals surface area (Å²) in [6, 6.07) is 6.98. The van der Waals surface area contributed by atoms with Gasteiger partial charge in [-0.2, -0.15) is 0 Å². The van der Waals surface area contributed by atoms with E-state index in [9.17, 15) is 8.42 Å². The highest BCUT2D eigenvalue weighted by atomic mass is 32.2. The molecule has 2 N–H and O–H groups in total. The maximum atomic E-state index is 12.9. The molecule has 1 aromatic carbocycles. The molecule has 2 atom stereocenters. The molecule has 0 aliphatic carbocycles. The van der Waals surface area contributed by atoms with Crippen molar-refractivity contribution in [2.75, 3.05) is 13.1 Å². The maximum absolute atomic E-state index is 12.9. The van der Waals surface area contributed by atoms with E-state index in [1.165, 1.54) is 0 Å². The van der Waals surface area contributed by atoms with Gasteiger partial charge in [0.05, 0.1) is 10.4 Å². The lowest BCUT2D eigenvalue weighted by Crippen LogP contribution is -2.44. The van der Waals surface area contributed by atoms with E-state index in [4.69, 9.17) is 0 Å². The summed E-state index contributed by atoms with van der Waals surface area (Å²) >= 11 is 0. The number of piperidine rings is 1. The van der Waals surface area contributed by atoms with Gasteiger partial charge in [0.2, 0.25) is 10.0 Å². The molecule has 6 heteroatoms. The van der Waals surface area contributed by atoms with E-state index < -0.39 is 10.0 Å². The molecule has 1 fully saturated rings. The van der Waals surface area contributed by atoms with Gasteiger partial charge >= 0.3 is 0 Å². The zero-order valence-corrected chi connectivity index (χ0v) is 14.4. The number of nitrogens with one attached hydrogen (secondary N) is 2. The first-order valence-corrected chi connectivity index (χ1v) is 9.55. The van der Waals surface area contributed by atoms with Crippen LogP contribution in [-0.2, 0) is 10.0 Å². The summed E-state index contributed by atoms with van der Waals surface area (Å²) in [7, 11) is -3.57. The van der Waals surface area contributed by atoms with Crippen molar-refractivity contribution in [1.29, 1.82) is 0 Å². The first-order chi connectivity index (χ1) is 11.0. The molecule has 1 aromatic heterocycles. The molecule has 124 valence electrons. The van der Waals surface area contributed by atoms with Gasteiger partial charge in [-0.1, -0.05) is 6.07 Å². The molecule has 23 heavy (non-hydrogen) atoms. The van der Waals surface area contributed by atoms with Crippen LogP contribution in [-0.4, -0.2) is 32.5 Å². The predicted octanol–water partition coefficient (Wildman–Crippen LogP) is 2.21. The molecule has 0 spiro atoms. The van der Waals surface area contributed by atoms with Gasteiger partial charge in [-0.25, -0.2) is 13.1 Å². The Bertz CT molecular complexity index is 799. The Morgan fingerprint density at radius 1 is 1.35 bits per heavy atom. The molecule has 0 saturated carbocycles. The third-order valence-electron chi connectivity index (χ3n) is 4.60. The number of sulfonamides is 1. The smallest absolute Gasteiger partial charge is 0.241 e. The molecule has 0 radical (unpaired) electrons. The fourth-order valence-corrected chi connectivity index (χ4v) is 4.74. The fraction of sp³-hybridized carbons (Fsp3) is 0.471. The Balaban J connectivity index is 1.92. The average molecular weight is 333 g/mol. The zero-order valence-electron chi connectivity index (χ0n) is 13.5. The second kappa shape index (κ2) is 6.55. The van der Waals surface area contributed by atoms with E-state index >= 15 is 0 Å². The highest BCUT2D eigenvalue weighted by Crippen LogP contribution is 2.25.